The van der Waals surface area contributed by atoms with Crippen LogP contribution < -0.4 is 5.49 Å². The molecular formula is C9H11N5O3. The van der Waals surface area contributed by atoms with Crippen molar-refractivity contribution in [2.24, 2.45) is 0 Å². The Morgan fingerprint density at radius 1 is 1.47 bits per heavy atom. The van der Waals surface area contributed by atoms with Crippen molar-refractivity contribution in [1.29, 1.82) is 5.41 Å². The first-order valence-electron chi connectivity index (χ1n) is 5.11. The summed E-state index contributed by atoms with van der Waals surface area (Å²) >= 11 is 0. The van der Waals surface area contributed by atoms with E-state index in [2.05, 4.69) is 15.0 Å². The minimum Gasteiger partial charge on any atom is -0.388 e. The number of hydrogen-bond acceptors (Lipinski definition) is 6. The van der Waals surface area contributed by atoms with Crippen LogP contribution in [0.25, 0.3) is 11.2 Å². The van der Waals surface area contributed by atoms with Crippen LogP contribution in [0.4, 0.5) is 0 Å². The van der Waals surface area contributed by atoms with Gasteiger partial charge in [0.1, 0.15) is 24.1 Å². The fourth-order valence-corrected chi connectivity index (χ4v) is 1.89. The summed E-state index contributed by atoms with van der Waals surface area (Å²) in [7, 11) is 0. The van der Waals surface area contributed by atoms with Gasteiger partial charge in [-0.1, -0.05) is 0 Å². The average Bonchev–Trinajstić information content (AvgIpc) is 2.90. The van der Waals surface area contributed by atoms with Crippen LogP contribution in [0.3, 0.4) is 0 Å². The topological polar surface area (TPSA) is 120 Å². The van der Waals surface area contributed by atoms with Gasteiger partial charge in [0.15, 0.2) is 17.4 Å². The fraction of sp³-hybridized carbons (Fsp3) is 0.444. The maximum Gasteiger partial charge on any atom is 0.182 e. The fourth-order valence-electron chi connectivity index (χ4n) is 1.89. The van der Waals surface area contributed by atoms with Crippen molar-refractivity contribution in [1.82, 2.24) is 19.5 Å². The quantitative estimate of drug-likeness (QED) is 0.480. The number of hydrogen-bond donors (Lipinski definition) is 4. The van der Waals surface area contributed by atoms with Crippen molar-refractivity contribution < 1.29 is 14.9 Å². The summed E-state index contributed by atoms with van der Waals surface area (Å²) < 4.78 is 6.60. The Labute approximate surface area is 95.0 Å². The number of nitrogens with one attached hydrogen (secondary N) is 2. The molecule has 0 saturated carbocycles. The highest BCUT2D eigenvalue weighted by atomic mass is 16.5. The van der Waals surface area contributed by atoms with Crippen LogP contribution in [0.1, 0.15) is 6.23 Å². The van der Waals surface area contributed by atoms with Crippen LogP contribution in [0.5, 0.6) is 0 Å². The molecule has 0 aromatic carbocycles. The van der Waals surface area contributed by atoms with E-state index in [1.54, 1.807) is 0 Å². The van der Waals surface area contributed by atoms with Crippen molar-refractivity contribution in [3.05, 3.63) is 18.1 Å². The molecule has 17 heavy (non-hydrogen) atoms. The van der Waals surface area contributed by atoms with Crippen LogP contribution in [0.15, 0.2) is 12.7 Å². The van der Waals surface area contributed by atoms with E-state index in [1.807, 2.05) is 0 Å². The van der Waals surface area contributed by atoms with E-state index >= 15 is 0 Å². The largest absolute Gasteiger partial charge is 0.388 e. The number of aliphatic hydroxyl groups excluding tert-OH is 2. The molecule has 0 amide bonds. The summed E-state index contributed by atoms with van der Waals surface area (Å²) in [6, 6.07) is 0. The number of imidazole rings is 1. The number of ether oxygens (including phenoxy) is 1. The van der Waals surface area contributed by atoms with Crippen molar-refractivity contribution in [2.45, 2.75) is 18.4 Å². The van der Waals surface area contributed by atoms with Gasteiger partial charge in [-0.25, -0.2) is 9.97 Å². The van der Waals surface area contributed by atoms with Gasteiger partial charge in [-0.3, -0.25) is 9.98 Å². The van der Waals surface area contributed by atoms with Gasteiger partial charge < -0.3 is 19.9 Å². The SMILES string of the molecule is N=c1c2[nH]cnc2ncn1[C@@H]1OC[C@H](O)[C@H]1O. The van der Waals surface area contributed by atoms with E-state index in [4.69, 9.17) is 10.1 Å². The number of rotatable bonds is 1. The number of nitrogens with zero attached hydrogens (tertiary/aromatic N) is 3. The van der Waals surface area contributed by atoms with Gasteiger partial charge in [-0.15, -0.1) is 0 Å². The molecule has 90 valence electrons. The first-order chi connectivity index (χ1) is 8.18. The summed E-state index contributed by atoms with van der Waals surface area (Å²) in [5.74, 6) is 0. The molecule has 0 aliphatic carbocycles. The summed E-state index contributed by atoms with van der Waals surface area (Å²) in [5, 5.41) is 27.1. The van der Waals surface area contributed by atoms with Crippen LogP contribution >= 0.6 is 0 Å². The highest BCUT2D eigenvalue weighted by Crippen LogP contribution is 2.22. The van der Waals surface area contributed by atoms with Crippen LogP contribution in [0, 0.1) is 5.41 Å². The van der Waals surface area contributed by atoms with Gasteiger partial charge >= 0.3 is 0 Å². The molecule has 2 aromatic heterocycles. The van der Waals surface area contributed by atoms with Gasteiger partial charge in [0, 0.05) is 0 Å². The molecule has 8 nitrogen and oxygen atoms in total. The molecule has 1 fully saturated rings. The molecule has 1 aliphatic heterocycles. The van der Waals surface area contributed by atoms with Gasteiger partial charge in [0.05, 0.1) is 12.9 Å². The zero-order valence-corrected chi connectivity index (χ0v) is 8.74. The highest BCUT2D eigenvalue weighted by Gasteiger charge is 2.36. The maximum atomic E-state index is 9.73. The van der Waals surface area contributed by atoms with Crippen molar-refractivity contribution >= 4 is 11.2 Å². The molecule has 3 rings (SSSR count). The van der Waals surface area contributed by atoms with E-state index in [0.29, 0.717) is 11.2 Å². The number of aliphatic hydroxyl groups is 2. The third-order valence-corrected chi connectivity index (χ3v) is 2.82. The summed E-state index contributed by atoms with van der Waals surface area (Å²) in [5.41, 5.74) is 0.995. The van der Waals surface area contributed by atoms with Crippen molar-refractivity contribution in [3.8, 4) is 0 Å². The van der Waals surface area contributed by atoms with Gasteiger partial charge in [-0.05, 0) is 0 Å². The number of aromatic nitrogens is 4. The monoisotopic (exact) mass is 237 g/mol. The first kappa shape index (κ1) is 10.4. The zero-order valence-electron chi connectivity index (χ0n) is 8.74. The molecule has 3 atom stereocenters. The Balaban J connectivity index is 2.12. The minimum absolute atomic E-state index is 0.0410. The normalized spacial score (nSPS) is 28.9. The lowest BCUT2D eigenvalue weighted by molar-refractivity contribution is -0.0213. The summed E-state index contributed by atoms with van der Waals surface area (Å²) in [6.07, 6.45) is 0.0199. The predicted molar refractivity (Wildman–Crippen MR) is 54.7 cm³/mol. The molecule has 2 aromatic rings. The minimum atomic E-state index is -1.06. The molecule has 3 heterocycles. The second-order valence-electron chi connectivity index (χ2n) is 3.88. The summed E-state index contributed by atoms with van der Waals surface area (Å²) in [6.45, 7) is 0.0410. The Morgan fingerprint density at radius 2 is 2.29 bits per heavy atom. The molecule has 1 saturated heterocycles. The molecule has 0 unspecified atom stereocenters. The molecular weight excluding hydrogens is 226 g/mol. The number of H-pyrrole nitrogens is 1. The van der Waals surface area contributed by atoms with Gasteiger partial charge in [0.25, 0.3) is 0 Å². The van der Waals surface area contributed by atoms with Gasteiger partial charge in [-0.2, -0.15) is 0 Å². The third kappa shape index (κ3) is 1.46. The molecule has 0 bridgehead atoms. The number of aromatic amines is 1. The van der Waals surface area contributed by atoms with Crippen LogP contribution in [-0.4, -0.2) is 48.5 Å². The number of fused-ring (bicyclic) bond motifs is 1. The molecule has 8 heteroatoms. The van der Waals surface area contributed by atoms with Crippen LogP contribution in [-0.2, 0) is 4.74 Å². The van der Waals surface area contributed by atoms with Crippen molar-refractivity contribution in [3.63, 3.8) is 0 Å². The Morgan fingerprint density at radius 3 is 3.00 bits per heavy atom. The maximum absolute atomic E-state index is 9.73. The lowest BCUT2D eigenvalue weighted by atomic mass is 10.2. The lowest BCUT2D eigenvalue weighted by Gasteiger charge is -2.17. The Bertz CT molecular complexity index is 606. The molecule has 4 N–H and O–H groups in total. The standard InChI is InChI=1S/C9H11N5O3/c10-7-5-8(12-2-11-5)13-3-14(7)9-6(16)4(15)1-17-9/h2-4,6,9-10,15-16H,1H2,(H,11,12)/t4-,6+,9+/m0/s1. The van der Waals surface area contributed by atoms with Gasteiger partial charge in [0.2, 0.25) is 0 Å². The van der Waals surface area contributed by atoms with E-state index in [9.17, 15) is 10.2 Å². The van der Waals surface area contributed by atoms with Crippen molar-refractivity contribution in [2.75, 3.05) is 6.61 Å². The van der Waals surface area contributed by atoms with E-state index in [1.165, 1.54) is 17.2 Å². The lowest BCUT2D eigenvalue weighted by Crippen LogP contribution is -2.34. The smallest absolute Gasteiger partial charge is 0.182 e. The first-order valence-corrected chi connectivity index (χ1v) is 5.11. The highest BCUT2D eigenvalue weighted by molar-refractivity contribution is 5.67. The zero-order chi connectivity index (χ0) is 12.0. The average molecular weight is 237 g/mol. The second-order valence-corrected chi connectivity index (χ2v) is 3.88. The predicted octanol–water partition coefficient (Wildman–Crippen LogP) is -1.51. The van der Waals surface area contributed by atoms with E-state index in [-0.39, 0.29) is 12.1 Å². The Hall–Kier alpha value is -1.77. The molecule has 0 spiro atoms. The molecule has 1 aliphatic rings. The second kappa shape index (κ2) is 3.62. The summed E-state index contributed by atoms with van der Waals surface area (Å²) in [4.78, 5) is 10.8. The van der Waals surface area contributed by atoms with Crippen LogP contribution in [0.2, 0.25) is 0 Å². The van der Waals surface area contributed by atoms with E-state index in [0.717, 1.165) is 0 Å². The Kier molecular flexibility index (Phi) is 2.21. The molecule has 0 radical (unpaired) electrons. The van der Waals surface area contributed by atoms with E-state index < -0.39 is 18.4 Å². The third-order valence-electron chi connectivity index (χ3n) is 2.82.